The Labute approximate surface area is 156 Å². The summed E-state index contributed by atoms with van der Waals surface area (Å²) in [6.07, 6.45) is 2.20. The smallest absolute Gasteiger partial charge is 0.336 e. The Hall–Kier alpha value is -3.16. The van der Waals surface area contributed by atoms with Gasteiger partial charge in [-0.3, -0.25) is 4.68 Å². The lowest BCUT2D eigenvalue weighted by Crippen LogP contribution is -2.34. The summed E-state index contributed by atoms with van der Waals surface area (Å²) in [4.78, 5) is 28.3. The number of amides is 2. The Balaban J connectivity index is 1.78. The van der Waals surface area contributed by atoms with E-state index in [1.807, 2.05) is 13.0 Å². The molecule has 0 fully saturated rings. The van der Waals surface area contributed by atoms with Gasteiger partial charge in [-0.05, 0) is 37.0 Å². The minimum Gasteiger partial charge on any atom is -0.423 e. The van der Waals surface area contributed by atoms with Gasteiger partial charge in [-0.15, -0.1) is 0 Å². The Morgan fingerprint density at radius 1 is 1.30 bits per heavy atom. The number of anilines is 1. The van der Waals surface area contributed by atoms with Crippen molar-refractivity contribution in [1.29, 1.82) is 0 Å². The van der Waals surface area contributed by atoms with Crippen molar-refractivity contribution in [3.8, 4) is 0 Å². The number of hydrogen-bond acceptors (Lipinski definition) is 5. The largest absolute Gasteiger partial charge is 0.423 e. The predicted molar refractivity (Wildman–Crippen MR) is 103 cm³/mol. The second-order valence-corrected chi connectivity index (χ2v) is 6.98. The number of rotatable bonds is 5. The third-order valence-corrected chi connectivity index (χ3v) is 4.28. The number of carbonyl (C=O) groups is 1. The van der Waals surface area contributed by atoms with Gasteiger partial charge in [0.2, 0.25) is 0 Å². The molecule has 8 heteroatoms. The molecule has 2 N–H and O–H groups in total. The van der Waals surface area contributed by atoms with E-state index < -0.39 is 5.63 Å². The number of aryl methyl sites for hydroxylation is 2. The van der Waals surface area contributed by atoms with E-state index in [2.05, 4.69) is 34.6 Å². The summed E-state index contributed by atoms with van der Waals surface area (Å²) < 4.78 is 6.88. The Kier molecular flexibility index (Phi) is 5.25. The van der Waals surface area contributed by atoms with Gasteiger partial charge in [0.05, 0.1) is 6.04 Å². The van der Waals surface area contributed by atoms with Gasteiger partial charge in [-0.25, -0.2) is 14.6 Å². The van der Waals surface area contributed by atoms with E-state index in [0.717, 1.165) is 17.4 Å². The number of nitrogens with zero attached hydrogens (tertiary/aromatic N) is 3. The minimum atomic E-state index is -0.416. The molecule has 142 valence electrons. The van der Waals surface area contributed by atoms with Gasteiger partial charge in [-0.2, -0.15) is 5.10 Å². The van der Waals surface area contributed by atoms with E-state index >= 15 is 0 Å². The highest BCUT2D eigenvalue weighted by Gasteiger charge is 2.20. The highest BCUT2D eigenvalue weighted by Crippen LogP contribution is 2.22. The van der Waals surface area contributed by atoms with Crippen molar-refractivity contribution in [3.63, 3.8) is 0 Å². The molecule has 8 nitrogen and oxygen atoms in total. The van der Waals surface area contributed by atoms with Crippen LogP contribution < -0.4 is 16.3 Å². The maximum absolute atomic E-state index is 12.5. The third-order valence-electron chi connectivity index (χ3n) is 4.28. The Morgan fingerprint density at radius 2 is 2.07 bits per heavy atom. The molecule has 0 bridgehead atoms. The summed E-state index contributed by atoms with van der Waals surface area (Å²) in [7, 11) is 1.79. The zero-order chi connectivity index (χ0) is 19.6. The summed E-state index contributed by atoms with van der Waals surface area (Å²) >= 11 is 0. The Morgan fingerprint density at radius 3 is 2.74 bits per heavy atom. The normalized spacial score (nSPS) is 12.3. The predicted octanol–water partition coefficient (Wildman–Crippen LogP) is 3.14. The van der Waals surface area contributed by atoms with E-state index in [1.54, 1.807) is 23.9 Å². The summed E-state index contributed by atoms with van der Waals surface area (Å²) in [6, 6.07) is 6.05. The molecule has 2 aromatic heterocycles. The van der Waals surface area contributed by atoms with Crippen LogP contribution in [0.3, 0.4) is 0 Å². The van der Waals surface area contributed by atoms with Crippen molar-refractivity contribution < 1.29 is 9.21 Å². The second-order valence-electron chi connectivity index (χ2n) is 6.98. The van der Waals surface area contributed by atoms with Crippen molar-refractivity contribution in [1.82, 2.24) is 20.1 Å². The van der Waals surface area contributed by atoms with Gasteiger partial charge >= 0.3 is 11.7 Å². The molecule has 0 unspecified atom stereocenters. The molecule has 1 aromatic carbocycles. The average molecular weight is 369 g/mol. The van der Waals surface area contributed by atoms with Crippen LogP contribution in [0.25, 0.3) is 11.0 Å². The molecule has 3 aromatic rings. The van der Waals surface area contributed by atoms with E-state index in [-0.39, 0.29) is 12.1 Å². The van der Waals surface area contributed by atoms with Crippen LogP contribution in [0.5, 0.6) is 0 Å². The van der Waals surface area contributed by atoms with Crippen molar-refractivity contribution in [2.24, 2.45) is 13.0 Å². The third kappa shape index (κ3) is 4.33. The van der Waals surface area contributed by atoms with Crippen molar-refractivity contribution in [3.05, 3.63) is 52.4 Å². The first kappa shape index (κ1) is 18.6. The zero-order valence-electron chi connectivity index (χ0n) is 15.8. The zero-order valence-corrected chi connectivity index (χ0v) is 15.8. The van der Waals surface area contributed by atoms with Crippen molar-refractivity contribution >= 4 is 22.7 Å². The van der Waals surface area contributed by atoms with Crippen molar-refractivity contribution in [2.45, 2.75) is 33.2 Å². The summed E-state index contributed by atoms with van der Waals surface area (Å²) in [6.45, 7) is 6.00. The number of benzene rings is 1. The second kappa shape index (κ2) is 7.61. The highest BCUT2D eigenvalue weighted by atomic mass is 16.4. The van der Waals surface area contributed by atoms with Gasteiger partial charge in [0.15, 0.2) is 0 Å². The first-order valence-electron chi connectivity index (χ1n) is 8.79. The quantitative estimate of drug-likeness (QED) is 0.673. The maximum atomic E-state index is 12.5. The lowest BCUT2D eigenvalue weighted by Gasteiger charge is -2.20. The van der Waals surface area contributed by atoms with Crippen LogP contribution >= 0.6 is 0 Å². The molecular formula is C19H23N5O3. The SMILES string of the molecule is Cc1cc(=O)oc2cc(NC(=O)N[C@@H](CC(C)C)c3ncnn3C)ccc12. The number of nitrogens with one attached hydrogen (secondary N) is 2. The van der Waals surface area contributed by atoms with Crippen LogP contribution in [0.1, 0.15) is 37.7 Å². The molecular weight excluding hydrogens is 346 g/mol. The minimum absolute atomic E-state index is 0.266. The van der Waals surface area contributed by atoms with Crippen LogP contribution in [-0.2, 0) is 7.05 Å². The van der Waals surface area contributed by atoms with Gasteiger partial charge in [0, 0.05) is 30.3 Å². The first-order valence-corrected chi connectivity index (χ1v) is 8.79. The molecule has 0 radical (unpaired) electrons. The molecule has 27 heavy (non-hydrogen) atoms. The van der Waals surface area contributed by atoms with Gasteiger partial charge in [0.1, 0.15) is 17.7 Å². The van der Waals surface area contributed by atoms with Crippen LogP contribution in [0, 0.1) is 12.8 Å². The number of urea groups is 1. The molecule has 0 spiro atoms. The fraction of sp³-hybridized carbons (Fsp3) is 0.368. The van der Waals surface area contributed by atoms with Gasteiger partial charge in [-0.1, -0.05) is 13.8 Å². The van der Waals surface area contributed by atoms with E-state index in [0.29, 0.717) is 23.0 Å². The fourth-order valence-corrected chi connectivity index (χ4v) is 3.05. The summed E-state index contributed by atoms with van der Waals surface area (Å²) in [5.74, 6) is 1.06. The standard InChI is InChI=1S/C19H23N5O3/c1-11(2)7-15(18-20-10-21-24(18)4)23-19(26)22-13-5-6-14-12(3)8-17(25)27-16(14)9-13/h5-6,8-11,15H,7H2,1-4H3,(H2,22,23,26)/t15-/m0/s1. The first-order chi connectivity index (χ1) is 12.8. The summed E-state index contributed by atoms with van der Waals surface area (Å²) in [5, 5.41) is 10.6. The molecule has 0 aliphatic carbocycles. The van der Waals surface area contributed by atoms with Crippen molar-refractivity contribution in [2.75, 3.05) is 5.32 Å². The van der Waals surface area contributed by atoms with Crippen LogP contribution in [-0.4, -0.2) is 20.8 Å². The monoisotopic (exact) mass is 369 g/mol. The number of fused-ring (bicyclic) bond motifs is 1. The summed E-state index contributed by atoms with van der Waals surface area (Å²) in [5.41, 5.74) is 1.39. The van der Waals surface area contributed by atoms with E-state index in [4.69, 9.17) is 4.42 Å². The lowest BCUT2D eigenvalue weighted by atomic mass is 10.0. The Bertz CT molecular complexity index is 1020. The van der Waals surface area contributed by atoms with E-state index in [1.165, 1.54) is 12.4 Å². The topological polar surface area (TPSA) is 102 Å². The highest BCUT2D eigenvalue weighted by molar-refractivity contribution is 5.92. The molecule has 0 aliphatic rings. The van der Waals surface area contributed by atoms with E-state index in [9.17, 15) is 9.59 Å². The molecule has 0 saturated heterocycles. The lowest BCUT2D eigenvalue weighted by molar-refractivity contribution is 0.245. The van der Waals surface area contributed by atoms with Gasteiger partial charge in [0.25, 0.3) is 0 Å². The molecule has 2 amide bonds. The van der Waals surface area contributed by atoms with Crippen LogP contribution in [0.15, 0.2) is 39.8 Å². The van der Waals surface area contributed by atoms with Crippen LogP contribution in [0.2, 0.25) is 0 Å². The van der Waals surface area contributed by atoms with Crippen LogP contribution in [0.4, 0.5) is 10.5 Å². The molecule has 3 rings (SSSR count). The molecule has 0 saturated carbocycles. The maximum Gasteiger partial charge on any atom is 0.336 e. The van der Waals surface area contributed by atoms with Gasteiger partial charge < -0.3 is 15.1 Å². The fourth-order valence-electron chi connectivity index (χ4n) is 3.05. The number of aromatic nitrogens is 3. The average Bonchev–Trinajstić information content (AvgIpc) is 2.99. The molecule has 1 atom stereocenters. The molecule has 2 heterocycles. The molecule has 0 aliphatic heterocycles. The number of hydrogen-bond donors (Lipinski definition) is 2. The number of carbonyl (C=O) groups excluding carboxylic acids is 1.